The van der Waals surface area contributed by atoms with E-state index in [-0.39, 0.29) is 18.0 Å². The van der Waals surface area contributed by atoms with Gasteiger partial charge in [0, 0.05) is 24.6 Å². The summed E-state index contributed by atoms with van der Waals surface area (Å²) in [5, 5.41) is 0.703. The normalized spacial score (nSPS) is 15.9. The van der Waals surface area contributed by atoms with E-state index in [2.05, 4.69) is 0 Å². The number of hydrogen-bond donors (Lipinski definition) is 0. The number of nitrogens with zero attached hydrogens (tertiary/aromatic N) is 2. The lowest BCUT2D eigenvalue weighted by Crippen LogP contribution is -2.40. The number of carbonyl (C=O) groups excluding carboxylic acids is 1. The first-order valence-corrected chi connectivity index (χ1v) is 8.13. The second kappa shape index (κ2) is 5.38. The summed E-state index contributed by atoms with van der Waals surface area (Å²) in [6.07, 6.45) is 0. The van der Waals surface area contributed by atoms with Crippen LogP contribution in [-0.4, -0.2) is 39.4 Å². The molecule has 0 aliphatic carbocycles. The van der Waals surface area contributed by atoms with Gasteiger partial charge in [-0.3, -0.25) is 13.5 Å². The average molecular weight is 294 g/mol. The maximum absolute atomic E-state index is 12.2. The molecule has 1 aliphatic rings. The molecule has 0 spiro atoms. The van der Waals surface area contributed by atoms with E-state index in [1.807, 2.05) is 40.9 Å². The summed E-state index contributed by atoms with van der Waals surface area (Å²) in [6, 6.07) is 7.49. The summed E-state index contributed by atoms with van der Waals surface area (Å²) in [5.41, 5.74) is -0.0552. The van der Waals surface area contributed by atoms with E-state index in [1.165, 1.54) is 11.5 Å². The Hall–Kier alpha value is -1.27. The van der Waals surface area contributed by atoms with Crippen LogP contribution < -0.4 is 5.56 Å². The Bertz CT molecular complexity index is 656. The molecule has 1 aliphatic heterocycles. The molecule has 0 atom stereocenters. The molecule has 0 unspecified atom stereocenters. The van der Waals surface area contributed by atoms with Gasteiger partial charge < -0.3 is 4.90 Å². The lowest BCUT2D eigenvalue weighted by atomic mass is 10.3. The molecule has 3 rings (SSSR count). The van der Waals surface area contributed by atoms with Gasteiger partial charge in [0.25, 0.3) is 5.56 Å². The smallest absolute Gasteiger partial charge is 0.268 e. The molecule has 0 bridgehead atoms. The van der Waals surface area contributed by atoms with Crippen LogP contribution >= 0.6 is 23.3 Å². The molecule has 100 valence electrons. The van der Waals surface area contributed by atoms with Crippen LogP contribution in [0.25, 0.3) is 10.1 Å². The van der Waals surface area contributed by atoms with Crippen LogP contribution in [-0.2, 0) is 11.3 Å². The van der Waals surface area contributed by atoms with Crippen LogP contribution in [0.4, 0.5) is 0 Å². The SMILES string of the molecule is O=C(Cn1sc2ccccc2c1=O)N1CCSCC1. The molecule has 1 amide bonds. The largest absolute Gasteiger partial charge is 0.339 e. The van der Waals surface area contributed by atoms with E-state index < -0.39 is 0 Å². The monoisotopic (exact) mass is 294 g/mol. The van der Waals surface area contributed by atoms with Crippen molar-refractivity contribution in [2.24, 2.45) is 0 Å². The summed E-state index contributed by atoms with van der Waals surface area (Å²) in [5.74, 6) is 2.04. The van der Waals surface area contributed by atoms with Gasteiger partial charge in [-0.05, 0) is 12.1 Å². The van der Waals surface area contributed by atoms with Crippen LogP contribution in [0, 0.1) is 0 Å². The van der Waals surface area contributed by atoms with Crippen molar-refractivity contribution in [3.63, 3.8) is 0 Å². The van der Waals surface area contributed by atoms with E-state index in [1.54, 1.807) is 3.96 Å². The van der Waals surface area contributed by atoms with Gasteiger partial charge in [0.15, 0.2) is 0 Å². The van der Waals surface area contributed by atoms with E-state index in [4.69, 9.17) is 0 Å². The molecule has 1 fully saturated rings. The molecule has 6 heteroatoms. The first-order valence-electron chi connectivity index (χ1n) is 6.20. The van der Waals surface area contributed by atoms with Gasteiger partial charge >= 0.3 is 0 Å². The highest BCUT2D eigenvalue weighted by atomic mass is 32.2. The third-order valence-corrected chi connectivity index (χ3v) is 5.21. The summed E-state index contributed by atoms with van der Waals surface area (Å²) in [7, 11) is 0. The lowest BCUT2D eigenvalue weighted by molar-refractivity contribution is -0.131. The minimum atomic E-state index is -0.0552. The predicted molar refractivity (Wildman–Crippen MR) is 80.0 cm³/mol. The molecule has 2 heterocycles. The van der Waals surface area contributed by atoms with E-state index >= 15 is 0 Å². The molecule has 4 nitrogen and oxygen atoms in total. The van der Waals surface area contributed by atoms with E-state index in [0.29, 0.717) is 5.39 Å². The molecule has 0 N–H and O–H groups in total. The van der Waals surface area contributed by atoms with E-state index in [0.717, 1.165) is 29.3 Å². The Morgan fingerprint density at radius 2 is 1.95 bits per heavy atom. The number of carbonyl (C=O) groups is 1. The third-order valence-electron chi connectivity index (χ3n) is 3.20. The summed E-state index contributed by atoms with van der Waals surface area (Å²) < 4.78 is 2.50. The molecule has 0 radical (unpaired) electrons. The van der Waals surface area contributed by atoms with Gasteiger partial charge in [-0.1, -0.05) is 23.7 Å². The quantitative estimate of drug-likeness (QED) is 0.845. The number of benzene rings is 1. The number of rotatable bonds is 2. The highest BCUT2D eigenvalue weighted by molar-refractivity contribution is 7.99. The Kier molecular flexibility index (Phi) is 3.61. The van der Waals surface area contributed by atoms with Crippen molar-refractivity contribution in [1.82, 2.24) is 8.86 Å². The molecular weight excluding hydrogens is 280 g/mol. The topological polar surface area (TPSA) is 42.3 Å². The molecule has 2 aromatic rings. The zero-order valence-electron chi connectivity index (χ0n) is 10.4. The van der Waals surface area contributed by atoms with Crippen molar-refractivity contribution in [2.75, 3.05) is 24.6 Å². The minimum Gasteiger partial charge on any atom is -0.339 e. The molecule has 1 aromatic heterocycles. The van der Waals surface area contributed by atoms with Crippen molar-refractivity contribution in [3.8, 4) is 0 Å². The molecule has 1 aromatic carbocycles. The van der Waals surface area contributed by atoms with Gasteiger partial charge in [-0.15, -0.1) is 0 Å². The number of amides is 1. The molecule has 0 saturated carbocycles. The highest BCUT2D eigenvalue weighted by Crippen LogP contribution is 2.16. The number of hydrogen-bond acceptors (Lipinski definition) is 4. The fourth-order valence-electron chi connectivity index (χ4n) is 2.16. The Morgan fingerprint density at radius 1 is 1.21 bits per heavy atom. The standard InChI is InChI=1S/C13H14N2O2S2/c16-12(14-5-7-18-8-6-14)9-15-13(17)10-3-1-2-4-11(10)19-15/h1-4H,5-9H2. The van der Waals surface area contributed by atoms with Gasteiger partial charge in [0.1, 0.15) is 6.54 Å². The second-order valence-corrected chi connectivity index (χ2v) is 6.71. The van der Waals surface area contributed by atoms with Crippen LogP contribution in [0.3, 0.4) is 0 Å². The van der Waals surface area contributed by atoms with Gasteiger partial charge in [-0.2, -0.15) is 11.8 Å². The third kappa shape index (κ3) is 2.55. The minimum absolute atomic E-state index is 0.0500. The van der Waals surface area contributed by atoms with Crippen LogP contribution in [0.1, 0.15) is 0 Å². The summed E-state index contributed by atoms with van der Waals surface area (Å²) in [4.78, 5) is 26.2. The number of aromatic nitrogens is 1. The van der Waals surface area contributed by atoms with E-state index in [9.17, 15) is 9.59 Å². The van der Waals surface area contributed by atoms with Crippen LogP contribution in [0.15, 0.2) is 29.1 Å². The highest BCUT2D eigenvalue weighted by Gasteiger charge is 2.18. The summed E-state index contributed by atoms with van der Waals surface area (Å²) >= 11 is 3.24. The fourth-order valence-corrected chi connectivity index (χ4v) is 4.05. The van der Waals surface area contributed by atoms with Crippen LogP contribution in [0.2, 0.25) is 0 Å². The summed E-state index contributed by atoms with van der Waals surface area (Å²) in [6.45, 7) is 1.76. The molecule has 1 saturated heterocycles. The molecular formula is C13H14N2O2S2. The van der Waals surface area contributed by atoms with Gasteiger partial charge in [0.2, 0.25) is 5.91 Å². The first-order chi connectivity index (χ1) is 9.25. The average Bonchev–Trinajstić information content (AvgIpc) is 2.77. The first kappa shape index (κ1) is 12.7. The fraction of sp³-hybridized carbons (Fsp3) is 0.385. The van der Waals surface area contributed by atoms with Crippen molar-refractivity contribution in [2.45, 2.75) is 6.54 Å². The zero-order chi connectivity index (χ0) is 13.2. The number of thioether (sulfide) groups is 1. The molecule has 19 heavy (non-hydrogen) atoms. The van der Waals surface area contributed by atoms with Crippen molar-refractivity contribution in [3.05, 3.63) is 34.6 Å². The van der Waals surface area contributed by atoms with Gasteiger partial charge in [0.05, 0.1) is 10.1 Å². The lowest BCUT2D eigenvalue weighted by Gasteiger charge is -2.26. The Balaban J connectivity index is 1.83. The van der Waals surface area contributed by atoms with Crippen LogP contribution in [0.5, 0.6) is 0 Å². The van der Waals surface area contributed by atoms with Crippen molar-refractivity contribution < 1.29 is 4.79 Å². The Labute approximate surface area is 119 Å². The predicted octanol–water partition coefficient (Wildman–Crippen LogP) is 1.64. The maximum Gasteiger partial charge on any atom is 0.268 e. The second-order valence-electron chi connectivity index (χ2n) is 4.42. The maximum atomic E-state index is 12.2. The van der Waals surface area contributed by atoms with Crippen molar-refractivity contribution in [1.29, 1.82) is 0 Å². The Morgan fingerprint density at radius 3 is 2.68 bits per heavy atom. The van der Waals surface area contributed by atoms with Crippen molar-refractivity contribution >= 4 is 39.3 Å². The number of fused-ring (bicyclic) bond motifs is 1. The van der Waals surface area contributed by atoms with Gasteiger partial charge in [-0.25, -0.2) is 0 Å². The zero-order valence-corrected chi connectivity index (χ0v) is 12.0.